The van der Waals surface area contributed by atoms with E-state index in [9.17, 15) is 4.79 Å². The number of aromatic nitrogens is 6. The Hall–Kier alpha value is -3.81. The molecule has 8 heteroatoms. The number of nitrogens with zero attached hydrogens (tertiary/aromatic N) is 6. The van der Waals surface area contributed by atoms with Gasteiger partial charge in [0, 0.05) is 18.9 Å². The second-order valence-corrected chi connectivity index (χ2v) is 6.36. The number of amides is 1. The number of imidazole rings is 1. The highest BCUT2D eigenvalue weighted by atomic mass is 16.1. The molecule has 0 bridgehead atoms. The second kappa shape index (κ2) is 7.83. The molecule has 0 radical (unpaired) electrons. The van der Waals surface area contributed by atoms with Crippen molar-refractivity contribution in [2.45, 2.75) is 19.9 Å². The number of nitrogens with one attached hydrogen (secondary N) is 1. The second-order valence-electron chi connectivity index (χ2n) is 6.36. The highest BCUT2D eigenvalue weighted by Crippen LogP contribution is 2.14. The maximum absolute atomic E-state index is 12.4. The molecular weight excluding hydrogens is 354 g/mol. The number of hydrogen-bond acceptors (Lipinski definition) is 5. The van der Waals surface area contributed by atoms with E-state index in [4.69, 9.17) is 0 Å². The number of tetrazole rings is 1. The van der Waals surface area contributed by atoms with Crippen molar-refractivity contribution in [3.05, 3.63) is 84.2 Å². The van der Waals surface area contributed by atoms with E-state index in [1.165, 1.54) is 0 Å². The molecule has 4 aromatic rings. The van der Waals surface area contributed by atoms with Gasteiger partial charge in [0.1, 0.15) is 0 Å². The van der Waals surface area contributed by atoms with Gasteiger partial charge in [-0.25, -0.2) is 4.98 Å². The van der Waals surface area contributed by atoms with Gasteiger partial charge in [-0.15, -0.1) is 5.10 Å². The summed E-state index contributed by atoms with van der Waals surface area (Å²) in [6.45, 7) is 2.29. The van der Waals surface area contributed by atoms with Crippen molar-refractivity contribution >= 4 is 5.91 Å². The Kier molecular flexibility index (Phi) is 4.92. The molecule has 4 rings (SSSR count). The number of hydrogen-bond donors (Lipinski definition) is 1. The van der Waals surface area contributed by atoms with Gasteiger partial charge in [-0.2, -0.15) is 4.68 Å². The summed E-state index contributed by atoms with van der Waals surface area (Å²) in [5.41, 5.74) is 3.82. The van der Waals surface area contributed by atoms with Gasteiger partial charge in [0.25, 0.3) is 0 Å². The van der Waals surface area contributed by atoms with Crippen LogP contribution in [0.25, 0.3) is 11.4 Å². The van der Waals surface area contributed by atoms with Crippen LogP contribution in [0.2, 0.25) is 0 Å². The van der Waals surface area contributed by atoms with Crippen molar-refractivity contribution in [2.24, 2.45) is 0 Å². The maximum atomic E-state index is 12.4. The van der Waals surface area contributed by atoms with E-state index < -0.39 is 0 Å². The van der Waals surface area contributed by atoms with Gasteiger partial charge in [0.05, 0.1) is 24.1 Å². The molecule has 28 heavy (non-hydrogen) atoms. The quantitative estimate of drug-likeness (QED) is 0.558. The van der Waals surface area contributed by atoms with Crippen molar-refractivity contribution in [1.82, 2.24) is 35.1 Å². The van der Waals surface area contributed by atoms with E-state index in [1.807, 2.05) is 66.2 Å². The van der Waals surface area contributed by atoms with E-state index in [1.54, 1.807) is 17.2 Å². The first kappa shape index (κ1) is 17.6. The Labute approximate surface area is 161 Å². The van der Waals surface area contributed by atoms with Gasteiger partial charge in [-0.1, -0.05) is 30.3 Å². The predicted octanol–water partition coefficient (Wildman–Crippen LogP) is 2.02. The number of carbonyl (C=O) groups is 1. The summed E-state index contributed by atoms with van der Waals surface area (Å²) >= 11 is 0. The fraction of sp³-hybridized carbons (Fsp3) is 0.150. The first-order chi connectivity index (χ1) is 13.7. The zero-order chi connectivity index (χ0) is 19.3. The molecule has 0 aliphatic carbocycles. The molecule has 0 unspecified atom stereocenters. The Morgan fingerprint density at radius 3 is 2.64 bits per heavy atom. The number of rotatable bonds is 6. The summed E-state index contributed by atoms with van der Waals surface area (Å²) in [6, 6.07) is 15.6. The molecule has 0 saturated heterocycles. The van der Waals surface area contributed by atoms with Crippen LogP contribution in [0, 0.1) is 6.92 Å². The molecule has 1 amide bonds. The number of aryl methyl sites for hydroxylation is 1. The van der Waals surface area contributed by atoms with Crippen molar-refractivity contribution < 1.29 is 4.79 Å². The lowest BCUT2D eigenvalue weighted by Crippen LogP contribution is -2.25. The fourth-order valence-corrected chi connectivity index (χ4v) is 2.98. The van der Waals surface area contributed by atoms with Crippen LogP contribution in [0.4, 0.5) is 0 Å². The number of para-hydroxylation sites is 1. The molecule has 140 valence electrons. The van der Waals surface area contributed by atoms with Gasteiger partial charge in [0.2, 0.25) is 5.91 Å². The topological polar surface area (TPSA) is 90.5 Å². The molecular formula is C20H19N7O. The van der Waals surface area contributed by atoms with Gasteiger partial charge < -0.3 is 9.88 Å². The van der Waals surface area contributed by atoms with Crippen LogP contribution in [-0.2, 0) is 17.8 Å². The minimum atomic E-state index is -0.0354. The highest BCUT2D eigenvalue weighted by molar-refractivity contribution is 5.78. The summed E-state index contributed by atoms with van der Waals surface area (Å²) < 4.78 is 3.58. The van der Waals surface area contributed by atoms with Crippen LogP contribution in [0.15, 0.2) is 67.3 Å². The van der Waals surface area contributed by atoms with Gasteiger partial charge >= 0.3 is 0 Å². The minimum absolute atomic E-state index is 0.0354. The summed E-state index contributed by atoms with van der Waals surface area (Å²) in [4.78, 5) is 16.5. The molecule has 0 aliphatic heterocycles. The summed E-state index contributed by atoms with van der Waals surface area (Å²) in [7, 11) is 0. The van der Waals surface area contributed by atoms with E-state index >= 15 is 0 Å². The number of carbonyl (C=O) groups excluding carboxylic acids is 1. The molecule has 0 spiro atoms. The van der Waals surface area contributed by atoms with Crippen molar-refractivity contribution in [2.75, 3.05) is 0 Å². The van der Waals surface area contributed by atoms with Gasteiger partial charge in [-0.05, 0) is 46.7 Å². The summed E-state index contributed by atoms with van der Waals surface area (Å²) in [5.74, 6) is 0.675. The average Bonchev–Trinajstić information content (AvgIpc) is 3.39. The SMILES string of the molecule is Cc1nnnn1-c1ccc(CC(=O)NCc2ccccc2-n2ccnc2)cc1. The fourth-order valence-electron chi connectivity index (χ4n) is 2.98. The molecule has 8 nitrogen and oxygen atoms in total. The lowest BCUT2D eigenvalue weighted by molar-refractivity contribution is -0.120. The first-order valence-electron chi connectivity index (χ1n) is 8.88. The average molecular weight is 373 g/mol. The Balaban J connectivity index is 1.39. The van der Waals surface area contributed by atoms with Crippen LogP contribution < -0.4 is 5.32 Å². The Morgan fingerprint density at radius 1 is 1.11 bits per heavy atom. The molecule has 0 aliphatic rings. The lowest BCUT2D eigenvalue weighted by Gasteiger charge is -2.11. The number of benzene rings is 2. The zero-order valence-electron chi connectivity index (χ0n) is 15.4. The minimum Gasteiger partial charge on any atom is -0.352 e. The van der Waals surface area contributed by atoms with Crippen LogP contribution >= 0.6 is 0 Å². The van der Waals surface area contributed by atoms with Crippen LogP contribution in [-0.4, -0.2) is 35.7 Å². The third kappa shape index (κ3) is 3.80. The van der Waals surface area contributed by atoms with Crippen molar-refractivity contribution in [1.29, 1.82) is 0 Å². The molecule has 0 saturated carbocycles. The molecule has 0 atom stereocenters. The summed E-state index contributed by atoms with van der Waals surface area (Å²) in [5, 5.41) is 14.4. The maximum Gasteiger partial charge on any atom is 0.224 e. The molecule has 2 aromatic carbocycles. The normalized spacial score (nSPS) is 10.8. The molecule has 0 fully saturated rings. The van der Waals surface area contributed by atoms with Crippen molar-refractivity contribution in [3.63, 3.8) is 0 Å². The molecule has 2 aromatic heterocycles. The van der Waals surface area contributed by atoms with E-state index in [0.717, 1.165) is 22.5 Å². The monoisotopic (exact) mass is 373 g/mol. The zero-order valence-corrected chi connectivity index (χ0v) is 15.4. The smallest absolute Gasteiger partial charge is 0.224 e. The standard InChI is InChI=1S/C20H19N7O/c1-15-23-24-25-27(15)18-8-6-16(7-9-18)12-20(28)22-13-17-4-2-3-5-19(17)26-11-10-21-14-26/h2-11,14H,12-13H2,1H3,(H,22,28). The Morgan fingerprint density at radius 2 is 1.93 bits per heavy atom. The first-order valence-corrected chi connectivity index (χ1v) is 8.88. The summed E-state index contributed by atoms with van der Waals surface area (Å²) in [6.07, 6.45) is 5.67. The lowest BCUT2D eigenvalue weighted by atomic mass is 10.1. The van der Waals surface area contributed by atoms with E-state index in [-0.39, 0.29) is 5.91 Å². The third-order valence-electron chi connectivity index (χ3n) is 4.42. The van der Waals surface area contributed by atoms with Gasteiger partial charge in [-0.3, -0.25) is 4.79 Å². The van der Waals surface area contributed by atoms with E-state index in [2.05, 4.69) is 25.8 Å². The van der Waals surface area contributed by atoms with Crippen molar-refractivity contribution in [3.8, 4) is 11.4 Å². The third-order valence-corrected chi connectivity index (χ3v) is 4.42. The highest BCUT2D eigenvalue weighted by Gasteiger charge is 2.08. The van der Waals surface area contributed by atoms with Crippen LogP contribution in [0.3, 0.4) is 0 Å². The Bertz CT molecular complexity index is 1070. The largest absolute Gasteiger partial charge is 0.352 e. The molecule has 2 heterocycles. The molecule has 1 N–H and O–H groups in total. The van der Waals surface area contributed by atoms with Crippen LogP contribution in [0.1, 0.15) is 17.0 Å². The van der Waals surface area contributed by atoms with E-state index in [0.29, 0.717) is 18.8 Å². The predicted molar refractivity (Wildman–Crippen MR) is 103 cm³/mol. The van der Waals surface area contributed by atoms with Crippen LogP contribution in [0.5, 0.6) is 0 Å². The van der Waals surface area contributed by atoms with Gasteiger partial charge in [0.15, 0.2) is 5.82 Å².